The third kappa shape index (κ3) is 1.51. The van der Waals surface area contributed by atoms with Gasteiger partial charge in [-0.05, 0) is 72.7 Å². The summed E-state index contributed by atoms with van der Waals surface area (Å²) in [5.74, 6) is 1.63. The van der Waals surface area contributed by atoms with Crippen LogP contribution in [0.3, 0.4) is 0 Å². The van der Waals surface area contributed by atoms with Crippen molar-refractivity contribution in [2.75, 3.05) is 0 Å². The van der Waals surface area contributed by atoms with Crippen molar-refractivity contribution in [3.05, 3.63) is 58.7 Å². The van der Waals surface area contributed by atoms with Crippen molar-refractivity contribution in [3.8, 4) is 0 Å². The summed E-state index contributed by atoms with van der Waals surface area (Å²) < 4.78 is 0. The molecule has 0 bridgehead atoms. The van der Waals surface area contributed by atoms with Gasteiger partial charge in [-0.15, -0.1) is 0 Å². The second kappa shape index (κ2) is 4.12. The molecule has 0 aromatic heterocycles. The summed E-state index contributed by atoms with van der Waals surface area (Å²) in [6.07, 6.45) is 22.1. The second-order valence-electron chi connectivity index (χ2n) is 5.96. The minimum Gasteiger partial charge on any atom is -0.0842 e. The van der Waals surface area contributed by atoms with Crippen LogP contribution < -0.4 is 0 Å². The van der Waals surface area contributed by atoms with Crippen molar-refractivity contribution in [1.82, 2.24) is 0 Å². The predicted molar refractivity (Wildman–Crippen MR) is 76.2 cm³/mol. The van der Waals surface area contributed by atoms with Crippen molar-refractivity contribution in [2.45, 2.75) is 38.5 Å². The molecule has 0 nitrogen and oxygen atoms in total. The maximum Gasteiger partial charge on any atom is -0.00870 e. The van der Waals surface area contributed by atoms with Gasteiger partial charge in [0.25, 0.3) is 0 Å². The van der Waals surface area contributed by atoms with Crippen LogP contribution in [0.2, 0.25) is 0 Å². The van der Waals surface area contributed by atoms with E-state index < -0.39 is 0 Å². The molecule has 0 saturated carbocycles. The van der Waals surface area contributed by atoms with Gasteiger partial charge in [-0.25, -0.2) is 0 Å². The third-order valence-corrected chi connectivity index (χ3v) is 5.06. The summed E-state index contributed by atoms with van der Waals surface area (Å²) in [5, 5.41) is 0. The maximum absolute atomic E-state index is 2.43. The van der Waals surface area contributed by atoms with Gasteiger partial charge in [0.2, 0.25) is 0 Å². The van der Waals surface area contributed by atoms with E-state index in [0.717, 1.165) is 11.8 Å². The molecule has 18 heavy (non-hydrogen) atoms. The minimum absolute atomic E-state index is 0.815. The first-order valence-corrected chi connectivity index (χ1v) is 7.41. The molecule has 0 fully saturated rings. The van der Waals surface area contributed by atoms with Crippen molar-refractivity contribution >= 4 is 0 Å². The average molecular weight is 236 g/mol. The Hall–Kier alpha value is -1.30. The zero-order valence-electron chi connectivity index (χ0n) is 10.9. The summed E-state index contributed by atoms with van der Waals surface area (Å²) in [6.45, 7) is 0. The lowest BCUT2D eigenvalue weighted by atomic mass is 9.65. The van der Waals surface area contributed by atoms with E-state index in [4.69, 9.17) is 0 Å². The Kier molecular flexibility index (Phi) is 2.43. The fourth-order valence-corrected chi connectivity index (χ4v) is 4.19. The second-order valence-corrected chi connectivity index (χ2v) is 5.96. The highest BCUT2D eigenvalue weighted by molar-refractivity contribution is 5.51. The molecule has 92 valence electrons. The standard InChI is InChI=1S/C18H20/c1-3-7-15-13(5-1)9-11-18-16-8-4-2-6-14(16)10-12-17(15)18/h1-2,5-6,9,11,15,17H,3-4,7-8,10,12H2. The number of fused-ring (bicyclic) bond motifs is 4. The normalized spacial score (nSPS) is 33.3. The highest BCUT2D eigenvalue weighted by atomic mass is 14.4. The van der Waals surface area contributed by atoms with E-state index in [9.17, 15) is 0 Å². The SMILES string of the molecule is C1=CC2=C(CC1)C1=CC=C3C=CCCC3C1CC2. The van der Waals surface area contributed by atoms with E-state index in [1.165, 1.54) is 38.5 Å². The molecule has 0 heterocycles. The molecule has 0 aromatic rings. The summed E-state index contributed by atoms with van der Waals surface area (Å²) in [5.41, 5.74) is 6.60. The van der Waals surface area contributed by atoms with E-state index in [1.807, 2.05) is 0 Å². The zero-order chi connectivity index (χ0) is 11.9. The maximum atomic E-state index is 2.43. The quantitative estimate of drug-likeness (QED) is 0.562. The first-order valence-electron chi connectivity index (χ1n) is 7.41. The van der Waals surface area contributed by atoms with Crippen LogP contribution in [0.25, 0.3) is 0 Å². The van der Waals surface area contributed by atoms with Gasteiger partial charge in [0.15, 0.2) is 0 Å². The van der Waals surface area contributed by atoms with E-state index >= 15 is 0 Å². The fourth-order valence-electron chi connectivity index (χ4n) is 4.19. The molecule has 0 spiro atoms. The van der Waals surface area contributed by atoms with Crippen molar-refractivity contribution in [3.63, 3.8) is 0 Å². The lowest BCUT2D eigenvalue weighted by molar-refractivity contribution is 0.372. The van der Waals surface area contributed by atoms with Gasteiger partial charge in [-0.3, -0.25) is 0 Å². The Balaban J connectivity index is 1.79. The lowest BCUT2D eigenvalue weighted by Gasteiger charge is -2.40. The summed E-state index contributed by atoms with van der Waals surface area (Å²) in [6, 6.07) is 0. The summed E-state index contributed by atoms with van der Waals surface area (Å²) in [4.78, 5) is 0. The number of allylic oxidation sites excluding steroid dienone is 10. The minimum atomic E-state index is 0.815. The molecule has 0 radical (unpaired) electrons. The van der Waals surface area contributed by atoms with Crippen molar-refractivity contribution in [1.29, 1.82) is 0 Å². The van der Waals surface area contributed by atoms with Crippen LogP contribution in [0.5, 0.6) is 0 Å². The Bertz CT molecular complexity index is 522. The van der Waals surface area contributed by atoms with Crippen LogP contribution in [-0.4, -0.2) is 0 Å². The van der Waals surface area contributed by atoms with Gasteiger partial charge in [0.05, 0.1) is 0 Å². The molecule has 4 aliphatic rings. The lowest BCUT2D eigenvalue weighted by Crippen LogP contribution is -2.27. The molecular formula is C18H20. The van der Waals surface area contributed by atoms with E-state index in [2.05, 4.69) is 36.5 Å². The van der Waals surface area contributed by atoms with Gasteiger partial charge >= 0.3 is 0 Å². The Morgan fingerprint density at radius 2 is 1.78 bits per heavy atom. The number of hydrogen-bond donors (Lipinski definition) is 0. The highest BCUT2D eigenvalue weighted by Gasteiger charge is 2.34. The first-order chi connectivity index (χ1) is 8.93. The van der Waals surface area contributed by atoms with Crippen molar-refractivity contribution < 1.29 is 0 Å². The molecule has 2 unspecified atom stereocenters. The largest absolute Gasteiger partial charge is 0.0842 e. The van der Waals surface area contributed by atoms with Crippen molar-refractivity contribution in [2.24, 2.45) is 11.8 Å². The molecule has 0 aliphatic heterocycles. The fraction of sp³-hybridized carbons (Fsp3) is 0.444. The number of hydrogen-bond acceptors (Lipinski definition) is 0. The Labute approximate surface area is 109 Å². The first kappa shape index (κ1) is 10.6. The molecule has 0 saturated heterocycles. The van der Waals surface area contributed by atoms with Crippen LogP contribution in [0.1, 0.15) is 38.5 Å². The predicted octanol–water partition coefficient (Wildman–Crippen LogP) is 4.88. The Morgan fingerprint density at radius 1 is 0.833 bits per heavy atom. The van der Waals surface area contributed by atoms with E-state index in [0.29, 0.717) is 0 Å². The average Bonchev–Trinajstić information content (AvgIpc) is 2.46. The van der Waals surface area contributed by atoms with Gasteiger partial charge in [0.1, 0.15) is 0 Å². The van der Waals surface area contributed by atoms with Crippen LogP contribution >= 0.6 is 0 Å². The molecule has 0 heteroatoms. The van der Waals surface area contributed by atoms with Crippen LogP contribution in [-0.2, 0) is 0 Å². The molecule has 2 atom stereocenters. The third-order valence-electron chi connectivity index (χ3n) is 5.06. The topological polar surface area (TPSA) is 0 Å². The smallest absolute Gasteiger partial charge is 0.00870 e. The van der Waals surface area contributed by atoms with Gasteiger partial charge in [-0.1, -0.05) is 36.5 Å². The molecular weight excluding hydrogens is 216 g/mol. The van der Waals surface area contributed by atoms with Crippen LogP contribution in [0.4, 0.5) is 0 Å². The summed E-state index contributed by atoms with van der Waals surface area (Å²) >= 11 is 0. The molecule has 4 rings (SSSR count). The monoisotopic (exact) mass is 236 g/mol. The van der Waals surface area contributed by atoms with E-state index in [-0.39, 0.29) is 0 Å². The van der Waals surface area contributed by atoms with Gasteiger partial charge in [-0.2, -0.15) is 0 Å². The zero-order valence-corrected chi connectivity index (χ0v) is 10.9. The molecule has 4 aliphatic carbocycles. The summed E-state index contributed by atoms with van der Waals surface area (Å²) in [7, 11) is 0. The molecule has 0 amide bonds. The van der Waals surface area contributed by atoms with E-state index in [1.54, 1.807) is 22.3 Å². The van der Waals surface area contributed by atoms with Crippen LogP contribution in [0, 0.1) is 11.8 Å². The van der Waals surface area contributed by atoms with Gasteiger partial charge < -0.3 is 0 Å². The molecule has 0 N–H and O–H groups in total. The van der Waals surface area contributed by atoms with Crippen LogP contribution in [0.15, 0.2) is 58.7 Å². The highest BCUT2D eigenvalue weighted by Crippen LogP contribution is 2.48. The Morgan fingerprint density at radius 3 is 2.78 bits per heavy atom. The van der Waals surface area contributed by atoms with Gasteiger partial charge in [0, 0.05) is 0 Å². The molecule has 0 aromatic carbocycles. The number of rotatable bonds is 0.